The van der Waals surface area contributed by atoms with Crippen molar-refractivity contribution >= 4 is 17.4 Å². The van der Waals surface area contributed by atoms with Crippen LogP contribution in [0.3, 0.4) is 0 Å². The summed E-state index contributed by atoms with van der Waals surface area (Å²) < 4.78 is 19.7. The van der Waals surface area contributed by atoms with Gasteiger partial charge in [0.1, 0.15) is 11.6 Å². The highest BCUT2D eigenvalue weighted by Crippen LogP contribution is 2.29. The van der Waals surface area contributed by atoms with Gasteiger partial charge in [0.2, 0.25) is 0 Å². The summed E-state index contributed by atoms with van der Waals surface area (Å²) in [6.45, 7) is 1.84. The van der Waals surface area contributed by atoms with Crippen molar-refractivity contribution in [2.45, 2.75) is 19.4 Å². The molecule has 0 amide bonds. The first-order valence-electron chi connectivity index (χ1n) is 6.76. The van der Waals surface area contributed by atoms with E-state index >= 15 is 0 Å². The van der Waals surface area contributed by atoms with Gasteiger partial charge in [-0.3, -0.25) is 9.78 Å². The van der Waals surface area contributed by atoms with Crippen LogP contribution >= 0.6 is 11.6 Å². The molecule has 0 spiro atoms. The fourth-order valence-corrected chi connectivity index (χ4v) is 2.31. The van der Waals surface area contributed by atoms with E-state index in [-0.39, 0.29) is 26.0 Å². The average Bonchev–Trinajstić information content (AvgIpc) is 2.54. The number of aromatic nitrogens is 1. The van der Waals surface area contributed by atoms with Crippen LogP contribution in [0.5, 0.6) is 5.75 Å². The third kappa shape index (κ3) is 3.10. The van der Waals surface area contributed by atoms with E-state index in [0.717, 1.165) is 0 Å². The number of carbonyl (C=O) groups excluding carboxylic acids is 1. The number of carbonyl (C=O) groups is 1. The molecule has 0 aliphatic rings. The summed E-state index contributed by atoms with van der Waals surface area (Å²) in [4.78, 5) is 16.5. The van der Waals surface area contributed by atoms with Gasteiger partial charge in [0.15, 0.2) is 5.78 Å². The highest BCUT2D eigenvalue weighted by atomic mass is 35.5. The van der Waals surface area contributed by atoms with Crippen LogP contribution in [0.1, 0.15) is 45.2 Å². The minimum Gasteiger partial charge on any atom is -0.495 e. The van der Waals surface area contributed by atoms with Gasteiger partial charge in [-0.15, -0.1) is 0 Å². The second-order valence-corrected chi connectivity index (χ2v) is 5.19. The first-order chi connectivity index (χ1) is 10.5. The molecule has 0 unspecified atom stereocenters. The Labute approximate surface area is 137 Å². The molecule has 0 fully saturated rings. The lowest BCUT2D eigenvalue weighted by Gasteiger charge is -2.14. The summed E-state index contributed by atoms with van der Waals surface area (Å²) >= 11 is 6.01. The first-order valence-corrected chi connectivity index (χ1v) is 7.14. The molecule has 2 N–H and O–H groups in total. The van der Waals surface area contributed by atoms with Crippen LogP contribution < -0.4 is 10.5 Å². The average molecular weight is 329 g/mol. The number of ether oxygens (including phenoxy) is 1. The van der Waals surface area contributed by atoms with Crippen LogP contribution in [0.15, 0.2) is 30.6 Å². The van der Waals surface area contributed by atoms with Crippen molar-refractivity contribution in [3.8, 4) is 5.75 Å². The minimum absolute atomic E-state index is 0. The molecule has 6 heteroatoms. The van der Waals surface area contributed by atoms with Crippen LogP contribution in [0, 0.1) is 5.82 Å². The Morgan fingerprint density at radius 1 is 1.50 bits per heavy atom. The number of pyridine rings is 1. The Morgan fingerprint density at radius 2 is 2.23 bits per heavy atom. The number of nitrogens with zero attached hydrogens (tertiary/aromatic N) is 1. The molecule has 0 saturated carbocycles. The van der Waals surface area contributed by atoms with Gasteiger partial charge in [-0.05, 0) is 18.6 Å². The molecule has 1 aromatic heterocycles. The normalized spacial score (nSPS) is 12.0. The zero-order valence-electron chi connectivity index (χ0n) is 12.3. The maximum atomic E-state index is 14.7. The number of ketones is 1. The van der Waals surface area contributed by atoms with E-state index < -0.39 is 17.6 Å². The predicted molar refractivity (Wildman–Crippen MR) is 89.2 cm³/mol. The second-order valence-electron chi connectivity index (χ2n) is 4.78. The van der Waals surface area contributed by atoms with E-state index in [1.54, 1.807) is 0 Å². The van der Waals surface area contributed by atoms with E-state index in [1.807, 2.05) is 6.92 Å². The van der Waals surface area contributed by atoms with Gasteiger partial charge in [0.25, 0.3) is 0 Å². The molecule has 1 aromatic carbocycles. The molecule has 1 heterocycles. The van der Waals surface area contributed by atoms with Crippen LogP contribution in [0.2, 0.25) is 5.02 Å². The summed E-state index contributed by atoms with van der Waals surface area (Å²) in [6, 6.07) is 3.98. The predicted octanol–water partition coefficient (Wildman–Crippen LogP) is 4.26. The molecule has 2 aromatic rings. The van der Waals surface area contributed by atoms with Crippen molar-refractivity contribution in [3.05, 3.63) is 58.1 Å². The van der Waals surface area contributed by atoms with Crippen molar-refractivity contribution in [1.82, 2.24) is 4.98 Å². The molecule has 22 heavy (non-hydrogen) atoms. The van der Waals surface area contributed by atoms with Gasteiger partial charge in [-0.1, -0.05) is 24.6 Å². The van der Waals surface area contributed by atoms with E-state index in [0.29, 0.717) is 12.2 Å². The second kappa shape index (κ2) is 6.85. The lowest BCUT2D eigenvalue weighted by Crippen LogP contribution is -2.15. The molecule has 4 nitrogen and oxygen atoms in total. The van der Waals surface area contributed by atoms with Crippen molar-refractivity contribution in [2.24, 2.45) is 5.73 Å². The third-order valence-electron chi connectivity index (χ3n) is 3.40. The lowest BCUT2D eigenvalue weighted by molar-refractivity contribution is 0.103. The Kier molecular flexibility index (Phi) is 5.11. The Hall–Kier alpha value is -1.98. The number of hydrogen-bond acceptors (Lipinski definition) is 4. The summed E-state index contributed by atoms with van der Waals surface area (Å²) in [6.07, 6.45) is 3.35. The third-order valence-corrected chi connectivity index (χ3v) is 3.71. The molecule has 0 aliphatic carbocycles. The minimum atomic E-state index is -0.685. The van der Waals surface area contributed by atoms with Gasteiger partial charge in [0, 0.05) is 27.6 Å². The first kappa shape index (κ1) is 16.4. The van der Waals surface area contributed by atoms with E-state index in [2.05, 4.69) is 4.98 Å². The molecule has 122 valence electrons. The zero-order valence-corrected chi connectivity index (χ0v) is 13.0. The van der Waals surface area contributed by atoms with Crippen LogP contribution in [0.25, 0.3) is 0 Å². The quantitative estimate of drug-likeness (QED) is 0.833. The number of benzene rings is 1. The van der Waals surface area contributed by atoms with Crippen LogP contribution in [0.4, 0.5) is 4.39 Å². The molecule has 1 atom stereocenters. The molecular weight excluding hydrogens is 307 g/mol. The topological polar surface area (TPSA) is 65.2 Å². The van der Waals surface area contributed by atoms with Gasteiger partial charge >= 0.3 is 0 Å². The Bertz CT molecular complexity index is 720. The number of rotatable bonds is 5. The SMILES string of the molecule is CC[C@@H](N)c1ccc(Cl)c(C(=O)c2cncc(OC)c2)c1F.[HH].[HH].[HH]. The van der Waals surface area contributed by atoms with Gasteiger partial charge < -0.3 is 10.5 Å². The number of hydrogen-bond donors (Lipinski definition) is 1. The van der Waals surface area contributed by atoms with E-state index in [9.17, 15) is 9.18 Å². The standard InChI is InChI=1S/C16H16ClFN2O2.3H2/c1-3-13(19)11-4-5-12(17)14(15(11)18)16(21)9-6-10(22-2)8-20-7-9;;;/h4-8,13H,3,19H2,1-2H3;3*1H/t13-;;;/m1.../s1. The number of halogens is 2. The lowest BCUT2D eigenvalue weighted by atomic mass is 9.97. The van der Waals surface area contributed by atoms with Gasteiger partial charge in [-0.25, -0.2) is 4.39 Å². The van der Waals surface area contributed by atoms with Crippen molar-refractivity contribution < 1.29 is 18.2 Å². The smallest absolute Gasteiger partial charge is 0.199 e. The Morgan fingerprint density at radius 3 is 2.86 bits per heavy atom. The molecule has 0 radical (unpaired) electrons. The fourth-order valence-electron chi connectivity index (χ4n) is 2.08. The number of methoxy groups -OCH3 is 1. The monoisotopic (exact) mass is 328 g/mol. The zero-order chi connectivity index (χ0) is 16.3. The van der Waals surface area contributed by atoms with Crippen LogP contribution in [-0.2, 0) is 0 Å². The summed E-state index contributed by atoms with van der Waals surface area (Å²) in [5.41, 5.74) is 6.14. The molecule has 0 bridgehead atoms. The fraction of sp³-hybridized carbons (Fsp3) is 0.250. The van der Waals surface area contributed by atoms with Crippen molar-refractivity contribution in [1.29, 1.82) is 0 Å². The maximum Gasteiger partial charge on any atom is 0.199 e. The number of nitrogens with two attached hydrogens (primary N) is 1. The van der Waals surface area contributed by atoms with Crippen LogP contribution in [-0.4, -0.2) is 17.9 Å². The van der Waals surface area contributed by atoms with Crippen molar-refractivity contribution in [2.75, 3.05) is 7.11 Å². The van der Waals surface area contributed by atoms with Gasteiger partial charge in [-0.2, -0.15) is 0 Å². The summed E-state index contributed by atoms with van der Waals surface area (Å²) in [7, 11) is 1.46. The molecule has 0 aliphatic heterocycles. The molecular formula is C16H22ClFN2O2. The van der Waals surface area contributed by atoms with E-state index in [4.69, 9.17) is 22.1 Å². The van der Waals surface area contributed by atoms with E-state index in [1.165, 1.54) is 37.7 Å². The summed E-state index contributed by atoms with van der Waals surface area (Å²) in [5, 5.41) is 0.0392. The largest absolute Gasteiger partial charge is 0.495 e. The highest BCUT2D eigenvalue weighted by molar-refractivity contribution is 6.35. The summed E-state index contributed by atoms with van der Waals surface area (Å²) in [5.74, 6) is -0.836. The Balaban J connectivity index is 0. The van der Waals surface area contributed by atoms with Gasteiger partial charge in [0.05, 0.1) is 23.9 Å². The van der Waals surface area contributed by atoms with Crippen molar-refractivity contribution in [3.63, 3.8) is 0 Å². The molecule has 0 saturated heterocycles. The maximum absolute atomic E-state index is 14.7. The molecule has 2 rings (SSSR count). The highest BCUT2D eigenvalue weighted by Gasteiger charge is 2.23.